The summed E-state index contributed by atoms with van der Waals surface area (Å²) in [5.41, 5.74) is 2.01. The van der Waals surface area contributed by atoms with E-state index in [9.17, 15) is 4.79 Å². The van der Waals surface area contributed by atoms with E-state index in [1.165, 1.54) is 0 Å². The van der Waals surface area contributed by atoms with Crippen LogP contribution in [0.5, 0.6) is 5.88 Å². The Morgan fingerprint density at radius 3 is 2.87 bits per heavy atom. The zero-order valence-corrected chi connectivity index (χ0v) is 16.3. The number of rotatable bonds is 6. The summed E-state index contributed by atoms with van der Waals surface area (Å²) in [6.07, 6.45) is 7.04. The topological polar surface area (TPSA) is 92.8 Å². The van der Waals surface area contributed by atoms with Crippen molar-refractivity contribution < 1.29 is 9.53 Å². The minimum atomic E-state index is -0.0816. The Labute approximate surface area is 173 Å². The summed E-state index contributed by atoms with van der Waals surface area (Å²) >= 11 is 0. The molecule has 2 heterocycles. The quantitative estimate of drug-likeness (QED) is 0.514. The smallest absolute Gasteiger partial charge is 0.232 e. The summed E-state index contributed by atoms with van der Waals surface area (Å²) in [4.78, 5) is 20.7. The average Bonchev–Trinajstić information content (AvgIpc) is 3.19. The number of amides is 1. The SMILES string of the molecule is O=C(Cc1cccc2ccccc12)Nc1cc(C2CC(Oc3cnccn3)C2)[nH]n1. The van der Waals surface area contributed by atoms with Gasteiger partial charge in [0.2, 0.25) is 11.8 Å². The van der Waals surface area contributed by atoms with Crippen molar-refractivity contribution in [3.8, 4) is 5.88 Å². The highest BCUT2D eigenvalue weighted by Crippen LogP contribution is 2.38. The van der Waals surface area contributed by atoms with Crippen LogP contribution in [-0.2, 0) is 11.2 Å². The van der Waals surface area contributed by atoms with Crippen LogP contribution in [0.3, 0.4) is 0 Å². The number of hydrogen-bond acceptors (Lipinski definition) is 5. The lowest BCUT2D eigenvalue weighted by molar-refractivity contribution is -0.115. The van der Waals surface area contributed by atoms with E-state index < -0.39 is 0 Å². The lowest BCUT2D eigenvalue weighted by Crippen LogP contribution is -2.32. The largest absolute Gasteiger partial charge is 0.473 e. The van der Waals surface area contributed by atoms with Crippen molar-refractivity contribution in [2.45, 2.75) is 31.3 Å². The van der Waals surface area contributed by atoms with E-state index in [4.69, 9.17) is 4.74 Å². The summed E-state index contributed by atoms with van der Waals surface area (Å²) in [7, 11) is 0. The highest BCUT2D eigenvalue weighted by atomic mass is 16.5. The zero-order chi connectivity index (χ0) is 20.3. The molecule has 2 N–H and O–H groups in total. The molecule has 1 aliphatic carbocycles. The van der Waals surface area contributed by atoms with Gasteiger partial charge in [0.05, 0.1) is 12.6 Å². The van der Waals surface area contributed by atoms with Gasteiger partial charge in [0.15, 0.2) is 5.82 Å². The van der Waals surface area contributed by atoms with E-state index in [-0.39, 0.29) is 12.0 Å². The molecule has 0 saturated heterocycles. The number of aromatic amines is 1. The first-order valence-electron chi connectivity index (χ1n) is 9.99. The van der Waals surface area contributed by atoms with Gasteiger partial charge in [0.1, 0.15) is 6.10 Å². The van der Waals surface area contributed by atoms with Crippen LogP contribution in [0, 0.1) is 0 Å². The molecule has 0 aliphatic heterocycles. The normalized spacial score (nSPS) is 18.0. The van der Waals surface area contributed by atoms with E-state index in [0.29, 0.717) is 24.0 Å². The maximum absolute atomic E-state index is 12.5. The summed E-state index contributed by atoms with van der Waals surface area (Å²) in [6.45, 7) is 0. The Hall–Kier alpha value is -3.74. The highest BCUT2D eigenvalue weighted by molar-refractivity contribution is 5.95. The summed E-state index contributed by atoms with van der Waals surface area (Å²) < 4.78 is 5.80. The van der Waals surface area contributed by atoms with Crippen LogP contribution in [0.25, 0.3) is 10.8 Å². The van der Waals surface area contributed by atoms with Crippen LogP contribution in [0.1, 0.15) is 30.0 Å². The Morgan fingerprint density at radius 2 is 2.00 bits per heavy atom. The van der Waals surface area contributed by atoms with Crippen LogP contribution in [-0.4, -0.2) is 32.2 Å². The van der Waals surface area contributed by atoms with E-state index in [1.807, 2.05) is 36.4 Å². The standard InChI is InChI=1S/C23H21N5O2/c29-22(12-16-6-3-5-15-4-1-2-7-19(15)16)26-21-13-20(27-28-21)17-10-18(11-17)30-23-14-24-8-9-25-23/h1-9,13-14,17-18H,10-12H2,(H2,26,27,28,29). The predicted octanol–water partition coefficient (Wildman–Crippen LogP) is 3.86. The van der Waals surface area contributed by atoms with Gasteiger partial charge in [-0.3, -0.25) is 14.9 Å². The monoisotopic (exact) mass is 399 g/mol. The van der Waals surface area contributed by atoms with Crippen LogP contribution in [0.4, 0.5) is 5.82 Å². The second-order valence-corrected chi connectivity index (χ2v) is 7.52. The Morgan fingerprint density at radius 1 is 1.13 bits per heavy atom. The Balaban J connectivity index is 1.17. The van der Waals surface area contributed by atoms with Crippen molar-refractivity contribution in [2.24, 2.45) is 0 Å². The number of nitrogens with zero attached hydrogens (tertiary/aromatic N) is 3. The molecular formula is C23H21N5O2. The third-order valence-electron chi connectivity index (χ3n) is 5.46. The minimum Gasteiger partial charge on any atom is -0.473 e. The fourth-order valence-corrected chi connectivity index (χ4v) is 3.85. The highest BCUT2D eigenvalue weighted by Gasteiger charge is 2.33. The van der Waals surface area contributed by atoms with Crippen molar-refractivity contribution in [2.75, 3.05) is 5.32 Å². The molecule has 30 heavy (non-hydrogen) atoms. The maximum Gasteiger partial charge on any atom is 0.232 e. The first-order valence-corrected chi connectivity index (χ1v) is 9.99. The molecule has 2 aromatic heterocycles. The van der Waals surface area contributed by atoms with Crippen molar-refractivity contribution in [1.82, 2.24) is 20.2 Å². The number of carbonyl (C=O) groups excluding carboxylic acids is 1. The number of ether oxygens (including phenoxy) is 1. The van der Waals surface area contributed by atoms with Crippen molar-refractivity contribution >= 4 is 22.5 Å². The molecule has 4 aromatic rings. The number of benzene rings is 2. The number of aromatic nitrogens is 4. The first-order chi connectivity index (χ1) is 14.7. The molecule has 7 heteroatoms. The minimum absolute atomic E-state index is 0.0816. The molecule has 0 atom stereocenters. The molecule has 7 nitrogen and oxygen atoms in total. The number of fused-ring (bicyclic) bond motifs is 1. The molecule has 1 saturated carbocycles. The van der Waals surface area contributed by atoms with Crippen LogP contribution >= 0.6 is 0 Å². The van der Waals surface area contributed by atoms with E-state index in [0.717, 1.165) is 34.9 Å². The molecule has 0 radical (unpaired) electrons. The zero-order valence-electron chi connectivity index (χ0n) is 16.3. The molecule has 0 spiro atoms. The summed E-state index contributed by atoms with van der Waals surface area (Å²) in [5, 5.41) is 12.4. The molecule has 1 amide bonds. The van der Waals surface area contributed by atoms with Gasteiger partial charge in [0.25, 0.3) is 0 Å². The van der Waals surface area contributed by atoms with Gasteiger partial charge in [-0.1, -0.05) is 42.5 Å². The third-order valence-corrected chi connectivity index (χ3v) is 5.46. The average molecular weight is 399 g/mol. The number of anilines is 1. The lowest BCUT2D eigenvalue weighted by atomic mass is 9.80. The van der Waals surface area contributed by atoms with Gasteiger partial charge in [0, 0.05) is 30.1 Å². The first kappa shape index (κ1) is 18.3. The van der Waals surface area contributed by atoms with Gasteiger partial charge in [-0.15, -0.1) is 0 Å². The molecule has 150 valence electrons. The maximum atomic E-state index is 12.5. The van der Waals surface area contributed by atoms with Gasteiger partial charge in [-0.05, 0) is 29.2 Å². The van der Waals surface area contributed by atoms with Crippen molar-refractivity contribution in [3.05, 3.63) is 78.4 Å². The fraction of sp³-hybridized carbons (Fsp3) is 0.217. The van der Waals surface area contributed by atoms with Crippen LogP contribution in [0.2, 0.25) is 0 Å². The molecule has 0 bridgehead atoms. The lowest BCUT2D eigenvalue weighted by Gasteiger charge is -2.33. The third kappa shape index (κ3) is 3.87. The number of H-pyrrole nitrogens is 1. The summed E-state index contributed by atoms with van der Waals surface area (Å²) in [5.74, 6) is 1.35. The second-order valence-electron chi connectivity index (χ2n) is 7.52. The van der Waals surface area contributed by atoms with Crippen LogP contribution in [0.15, 0.2) is 67.1 Å². The molecule has 1 aliphatic rings. The van der Waals surface area contributed by atoms with E-state index >= 15 is 0 Å². The predicted molar refractivity (Wildman–Crippen MR) is 113 cm³/mol. The van der Waals surface area contributed by atoms with Gasteiger partial charge in [-0.25, -0.2) is 4.98 Å². The Bertz CT molecular complexity index is 1160. The van der Waals surface area contributed by atoms with Crippen molar-refractivity contribution in [3.63, 3.8) is 0 Å². The molecule has 0 unspecified atom stereocenters. The van der Waals surface area contributed by atoms with Gasteiger partial charge >= 0.3 is 0 Å². The number of hydrogen-bond donors (Lipinski definition) is 2. The Kier molecular flexibility index (Phi) is 4.85. The molecular weight excluding hydrogens is 378 g/mol. The molecule has 2 aromatic carbocycles. The van der Waals surface area contributed by atoms with Crippen LogP contribution < -0.4 is 10.1 Å². The molecule has 5 rings (SSSR count). The van der Waals surface area contributed by atoms with Crippen molar-refractivity contribution in [1.29, 1.82) is 0 Å². The van der Waals surface area contributed by atoms with E-state index in [1.54, 1.807) is 18.6 Å². The number of carbonyl (C=O) groups is 1. The van der Waals surface area contributed by atoms with E-state index in [2.05, 4.69) is 37.6 Å². The van der Waals surface area contributed by atoms with Gasteiger partial charge < -0.3 is 10.1 Å². The number of nitrogens with one attached hydrogen (secondary N) is 2. The summed E-state index contributed by atoms with van der Waals surface area (Å²) in [6, 6.07) is 16.0. The second kappa shape index (κ2) is 7.94. The van der Waals surface area contributed by atoms with Gasteiger partial charge in [-0.2, -0.15) is 5.10 Å². The molecule has 1 fully saturated rings. The fourth-order valence-electron chi connectivity index (χ4n) is 3.85.